The highest BCUT2D eigenvalue weighted by atomic mass is 79.9. The first-order chi connectivity index (χ1) is 17.0. The standard InChI is InChI=1S/C27H16Br2N4O2/c28-18-8-9-22(29)20(13-18)26(34)31-19-7-3-6-17(10-19)25-21(14-30-33-25)27-32-23-11-15-4-1-2-5-16(15)12-24(23)35-27/h1-14H,(H,30,33)(H,31,34). The fourth-order valence-electron chi connectivity index (χ4n) is 4.02. The number of carbonyl (C=O) groups excluding carboxylic acids is 1. The molecule has 0 saturated heterocycles. The summed E-state index contributed by atoms with van der Waals surface area (Å²) >= 11 is 6.86. The number of H-pyrrole nitrogens is 1. The minimum Gasteiger partial charge on any atom is -0.436 e. The maximum absolute atomic E-state index is 12.9. The molecule has 0 saturated carbocycles. The Balaban J connectivity index is 1.34. The number of rotatable bonds is 4. The summed E-state index contributed by atoms with van der Waals surface area (Å²) in [6.07, 6.45) is 1.77. The fraction of sp³-hybridized carbons (Fsp3) is 0. The lowest BCUT2D eigenvalue weighted by Crippen LogP contribution is -2.12. The number of hydrogen-bond donors (Lipinski definition) is 2. The maximum atomic E-state index is 12.9. The number of anilines is 1. The van der Waals surface area contributed by atoms with Crippen LogP contribution in [0.15, 0.2) is 98.4 Å². The first-order valence-electron chi connectivity index (χ1n) is 10.8. The molecule has 0 bridgehead atoms. The van der Waals surface area contributed by atoms with Crippen molar-refractivity contribution in [2.24, 2.45) is 0 Å². The van der Waals surface area contributed by atoms with E-state index in [9.17, 15) is 4.79 Å². The Morgan fingerprint density at radius 1 is 0.914 bits per heavy atom. The minimum absolute atomic E-state index is 0.219. The average Bonchev–Trinajstić information content (AvgIpc) is 3.51. The highest BCUT2D eigenvalue weighted by Crippen LogP contribution is 2.34. The van der Waals surface area contributed by atoms with Crippen LogP contribution in [0.3, 0.4) is 0 Å². The molecule has 0 aliphatic carbocycles. The van der Waals surface area contributed by atoms with E-state index in [-0.39, 0.29) is 5.91 Å². The van der Waals surface area contributed by atoms with Crippen LogP contribution in [0, 0.1) is 0 Å². The van der Waals surface area contributed by atoms with Crippen molar-refractivity contribution in [2.75, 3.05) is 5.32 Å². The van der Waals surface area contributed by atoms with Crippen molar-refractivity contribution in [2.45, 2.75) is 0 Å². The Kier molecular flexibility index (Phi) is 5.47. The molecule has 35 heavy (non-hydrogen) atoms. The van der Waals surface area contributed by atoms with E-state index in [0.717, 1.165) is 31.9 Å². The van der Waals surface area contributed by atoms with E-state index in [0.29, 0.717) is 32.9 Å². The summed E-state index contributed by atoms with van der Waals surface area (Å²) in [7, 11) is 0. The number of hydrogen-bond acceptors (Lipinski definition) is 4. The molecule has 2 heterocycles. The molecular formula is C27H16Br2N4O2. The van der Waals surface area contributed by atoms with Gasteiger partial charge in [-0.25, -0.2) is 4.98 Å². The van der Waals surface area contributed by atoms with Gasteiger partial charge in [0.25, 0.3) is 5.91 Å². The third-order valence-electron chi connectivity index (χ3n) is 5.69. The molecule has 2 aromatic heterocycles. The predicted octanol–water partition coefficient (Wildman–Crippen LogP) is 7.82. The Bertz CT molecular complexity index is 1690. The normalized spacial score (nSPS) is 11.3. The van der Waals surface area contributed by atoms with Crippen LogP contribution in [0.4, 0.5) is 5.69 Å². The van der Waals surface area contributed by atoms with Crippen molar-refractivity contribution < 1.29 is 9.21 Å². The molecule has 4 aromatic carbocycles. The fourth-order valence-corrected chi connectivity index (χ4v) is 4.80. The number of aromatic nitrogens is 3. The number of fused-ring (bicyclic) bond motifs is 2. The van der Waals surface area contributed by atoms with E-state index >= 15 is 0 Å². The summed E-state index contributed by atoms with van der Waals surface area (Å²) in [5.41, 5.74) is 4.92. The summed E-state index contributed by atoms with van der Waals surface area (Å²) < 4.78 is 7.65. The zero-order chi connectivity index (χ0) is 23.9. The van der Waals surface area contributed by atoms with Crippen LogP contribution in [0.25, 0.3) is 44.6 Å². The molecule has 0 spiro atoms. The number of benzene rings is 4. The lowest BCUT2D eigenvalue weighted by molar-refractivity contribution is 0.102. The molecule has 6 aromatic rings. The Morgan fingerprint density at radius 2 is 1.74 bits per heavy atom. The summed E-state index contributed by atoms with van der Waals surface area (Å²) in [5, 5.41) is 12.5. The van der Waals surface area contributed by atoms with Crippen LogP contribution >= 0.6 is 31.9 Å². The number of nitrogens with one attached hydrogen (secondary N) is 2. The second-order valence-corrected chi connectivity index (χ2v) is 9.76. The van der Waals surface area contributed by atoms with Crippen LogP contribution in [-0.4, -0.2) is 21.1 Å². The Labute approximate surface area is 216 Å². The number of oxazole rings is 1. The van der Waals surface area contributed by atoms with Gasteiger partial charge in [-0.1, -0.05) is 52.3 Å². The second-order valence-electron chi connectivity index (χ2n) is 7.99. The van der Waals surface area contributed by atoms with Gasteiger partial charge in [-0.2, -0.15) is 5.10 Å². The van der Waals surface area contributed by atoms with Gasteiger partial charge in [0, 0.05) is 26.4 Å². The molecule has 1 amide bonds. The van der Waals surface area contributed by atoms with Gasteiger partial charge in [-0.05, 0) is 69.2 Å². The first-order valence-corrected chi connectivity index (χ1v) is 12.3. The van der Waals surface area contributed by atoms with E-state index in [2.05, 4.69) is 53.4 Å². The van der Waals surface area contributed by atoms with Crippen molar-refractivity contribution >= 4 is 65.3 Å². The molecule has 170 valence electrons. The first kappa shape index (κ1) is 21.8. The number of halogens is 2. The highest BCUT2D eigenvalue weighted by Gasteiger charge is 2.18. The molecule has 8 heteroatoms. The molecule has 6 nitrogen and oxygen atoms in total. The summed E-state index contributed by atoms with van der Waals surface area (Å²) in [4.78, 5) is 17.6. The molecule has 0 aliphatic heterocycles. The zero-order valence-corrected chi connectivity index (χ0v) is 21.2. The summed E-state index contributed by atoms with van der Waals surface area (Å²) in [6, 6.07) is 25.1. The predicted molar refractivity (Wildman–Crippen MR) is 144 cm³/mol. The van der Waals surface area contributed by atoms with E-state index in [4.69, 9.17) is 9.40 Å². The van der Waals surface area contributed by atoms with Crippen molar-refractivity contribution in [3.8, 4) is 22.7 Å². The molecule has 0 unspecified atom stereocenters. The van der Waals surface area contributed by atoms with Crippen LogP contribution in [0.1, 0.15) is 10.4 Å². The number of nitrogens with zero attached hydrogens (tertiary/aromatic N) is 2. The Hall–Kier alpha value is -3.75. The summed E-state index contributed by atoms with van der Waals surface area (Å²) in [5.74, 6) is 0.259. The second kappa shape index (κ2) is 8.79. The van der Waals surface area contributed by atoms with Gasteiger partial charge in [0.2, 0.25) is 5.89 Å². The largest absolute Gasteiger partial charge is 0.436 e. The molecule has 0 fully saturated rings. The quantitative estimate of drug-likeness (QED) is 0.220. The minimum atomic E-state index is -0.219. The lowest BCUT2D eigenvalue weighted by Gasteiger charge is -2.09. The van der Waals surface area contributed by atoms with E-state index < -0.39 is 0 Å². The SMILES string of the molecule is O=C(Nc1cccc(-c2n[nH]cc2-c2nc3cc4ccccc4cc3o2)c1)c1cc(Br)ccc1Br. The third-order valence-corrected chi connectivity index (χ3v) is 6.88. The Morgan fingerprint density at radius 3 is 2.60 bits per heavy atom. The third kappa shape index (κ3) is 4.15. The van der Waals surface area contributed by atoms with Crippen LogP contribution in [0.5, 0.6) is 0 Å². The van der Waals surface area contributed by atoms with Crippen molar-refractivity contribution in [3.05, 3.63) is 99.6 Å². The molecular weight excluding hydrogens is 572 g/mol. The van der Waals surface area contributed by atoms with Gasteiger partial charge >= 0.3 is 0 Å². The average molecular weight is 588 g/mol. The number of amides is 1. The van der Waals surface area contributed by atoms with Crippen molar-refractivity contribution in [3.63, 3.8) is 0 Å². The van der Waals surface area contributed by atoms with Gasteiger partial charge in [-0.3, -0.25) is 9.89 Å². The van der Waals surface area contributed by atoms with Crippen LogP contribution < -0.4 is 5.32 Å². The highest BCUT2D eigenvalue weighted by molar-refractivity contribution is 9.11. The number of carbonyl (C=O) groups is 1. The topological polar surface area (TPSA) is 83.8 Å². The van der Waals surface area contributed by atoms with Gasteiger partial charge in [-0.15, -0.1) is 0 Å². The monoisotopic (exact) mass is 586 g/mol. The van der Waals surface area contributed by atoms with Crippen LogP contribution in [-0.2, 0) is 0 Å². The van der Waals surface area contributed by atoms with Gasteiger partial charge in [0.15, 0.2) is 5.58 Å². The zero-order valence-electron chi connectivity index (χ0n) is 18.0. The van der Waals surface area contributed by atoms with E-state index in [1.54, 1.807) is 12.3 Å². The van der Waals surface area contributed by atoms with E-state index in [1.165, 1.54) is 0 Å². The molecule has 6 rings (SSSR count). The van der Waals surface area contributed by atoms with Gasteiger partial charge in [0.1, 0.15) is 11.2 Å². The number of aromatic amines is 1. The molecule has 0 atom stereocenters. The van der Waals surface area contributed by atoms with E-state index in [1.807, 2.05) is 66.7 Å². The van der Waals surface area contributed by atoms with Gasteiger partial charge in [0.05, 0.1) is 11.1 Å². The lowest BCUT2D eigenvalue weighted by atomic mass is 10.1. The van der Waals surface area contributed by atoms with Crippen LogP contribution in [0.2, 0.25) is 0 Å². The van der Waals surface area contributed by atoms with Gasteiger partial charge < -0.3 is 9.73 Å². The van der Waals surface area contributed by atoms with Crippen molar-refractivity contribution in [1.82, 2.24) is 15.2 Å². The smallest absolute Gasteiger partial charge is 0.256 e. The molecule has 0 aliphatic rings. The van der Waals surface area contributed by atoms with Crippen molar-refractivity contribution in [1.29, 1.82) is 0 Å². The maximum Gasteiger partial charge on any atom is 0.256 e. The molecule has 0 radical (unpaired) electrons. The summed E-state index contributed by atoms with van der Waals surface area (Å²) in [6.45, 7) is 0. The molecule has 2 N–H and O–H groups in total.